The first-order valence-electron chi connectivity index (χ1n) is 15.7. The first-order chi connectivity index (χ1) is 21.9. The lowest BCUT2D eigenvalue weighted by Crippen LogP contribution is -2.53. The van der Waals surface area contributed by atoms with E-state index in [1.54, 1.807) is 18.7 Å². The minimum absolute atomic E-state index is 0.00241. The zero-order chi connectivity index (χ0) is 33.4. The van der Waals surface area contributed by atoms with Crippen molar-refractivity contribution in [1.29, 1.82) is 0 Å². The smallest absolute Gasteiger partial charge is 0.338 e. The number of nitrogens with zero attached hydrogens (tertiary/aromatic N) is 4. The van der Waals surface area contributed by atoms with Crippen LogP contribution < -0.4 is 10.6 Å². The maximum Gasteiger partial charge on any atom is 0.351 e. The standard InChI is InChI=1S/C33H41F3N6O4/c1-4-28(43)38-27(31(45)42-14-12-41(3)13-15-42)18-22-10-11-26(25(34)17-22)39-30(44)29(23-8-6-5-7-9-23)40-32(46)33(35,36)24-16-21(2)19-37-20-24/h10-11,16-17,19-20,23,29H,4-9,12-15,18H2,1-3H3,(H,39,44)(H,40,46)/t29-/m0/s1. The van der Waals surface area contributed by atoms with Gasteiger partial charge in [-0.2, -0.15) is 8.78 Å². The Morgan fingerprint density at radius 3 is 2.37 bits per heavy atom. The summed E-state index contributed by atoms with van der Waals surface area (Å²) in [6.45, 7) is 5.50. The number of rotatable bonds is 10. The first-order valence-corrected chi connectivity index (χ1v) is 15.7. The van der Waals surface area contributed by atoms with Crippen LogP contribution in [-0.4, -0.2) is 83.4 Å². The van der Waals surface area contributed by atoms with Crippen molar-refractivity contribution in [2.45, 2.75) is 70.8 Å². The second-order valence-corrected chi connectivity index (χ2v) is 12.1. The van der Waals surface area contributed by atoms with Gasteiger partial charge in [0.25, 0.3) is 11.8 Å². The number of aliphatic imine (C=N–C) groups is 1. The maximum absolute atomic E-state index is 15.4. The molecule has 10 nitrogen and oxygen atoms in total. The number of halogens is 3. The molecule has 0 bridgehead atoms. The summed E-state index contributed by atoms with van der Waals surface area (Å²) in [4.78, 5) is 63.2. The van der Waals surface area contributed by atoms with Crippen molar-refractivity contribution >= 4 is 35.0 Å². The average molecular weight is 643 g/mol. The van der Waals surface area contributed by atoms with Crippen molar-refractivity contribution in [3.8, 4) is 0 Å². The molecule has 0 radical (unpaired) electrons. The van der Waals surface area contributed by atoms with Crippen molar-refractivity contribution in [3.63, 3.8) is 0 Å². The third-order valence-corrected chi connectivity index (χ3v) is 8.48. The fourth-order valence-corrected chi connectivity index (χ4v) is 5.71. The van der Waals surface area contributed by atoms with Crippen molar-refractivity contribution in [2.24, 2.45) is 10.9 Å². The normalized spacial score (nSPS) is 17.3. The van der Waals surface area contributed by atoms with E-state index in [0.717, 1.165) is 37.6 Å². The molecular formula is C33H41F3N6O4. The number of piperazine rings is 1. The fraction of sp³-hybridized carbons (Fsp3) is 0.515. The third kappa shape index (κ3) is 8.77. The first kappa shape index (κ1) is 34.7. The van der Waals surface area contributed by atoms with Gasteiger partial charge < -0.3 is 20.4 Å². The molecule has 2 N–H and O–H groups in total. The lowest BCUT2D eigenvalue weighted by Gasteiger charge is -2.32. The minimum Gasteiger partial charge on any atom is -0.338 e. The molecule has 1 aliphatic carbocycles. The Kier molecular flexibility index (Phi) is 11.7. The number of benzene rings is 1. The van der Waals surface area contributed by atoms with Crippen LogP contribution in [0.2, 0.25) is 0 Å². The topological polar surface area (TPSA) is 124 Å². The van der Waals surface area contributed by atoms with Gasteiger partial charge in [-0.15, -0.1) is 0 Å². The molecule has 1 saturated carbocycles. The summed E-state index contributed by atoms with van der Waals surface area (Å²) in [6, 6.07) is 3.76. The monoisotopic (exact) mass is 642 g/mol. The van der Waals surface area contributed by atoms with E-state index in [-0.39, 0.29) is 24.2 Å². The molecule has 46 heavy (non-hydrogen) atoms. The summed E-state index contributed by atoms with van der Waals surface area (Å²) in [5, 5.41) is 4.71. The maximum atomic E-state index is 15.4. The number of nitrogens with one attached hydrogen (secondary N) is 2. The number of aryl methyl sites for hydroxylation is 1. The molecule has 2 aromatic rings. The summed E-state index contributed by atoms with van der Waals surface area (Å²) >= 11 is 0. The Morgan fingerprint density at radius 1 is 1.04 bits per heavy atom. The summed E-state index contributed by atoms with van der Waals surface area (Å²) in [5.74, 6) is -8.50. The van der Waals surface area contributed by atoms with Crippen LogP contribution in [0, 0.1) is 18.7 Å². The Bertz CT molecular complexity index is 1470. The summed E-state index contributed by atoms with van der Waals surface area (Å²) in [7, 11) is 1.95. The molecule has 4 rings (SSSR count). The van der Waals surface area contributed by atoms with E-state index in [9.17, 15) is 19.2 Å². The number of likely N-dealkylation sites (N-methyl/N-ethyl adjacent to an activating group) is 1. The van der Waals surface area contributed by atoms with Crippen molar-refractivity contribution in [3.05, 3.63) is 59.2 Å². The van der Waals surface area contributed by atoms with Crippen molar-refractivity contribution < 1.29 is 32.3 Å². The number of anilines is 1. The molecule has 4 amide bonds. The highest BCUT2D eigenvalue weighted by Crippen LogP contribution is 2.31. The largest absolute Gasteiger partial charge is 0.351 e. The van der Waals surface area contributed by atoms with Crippen molar-refractivity contribution in [2.75, 3.05) is 38.5 Å². The van der Waals surface area contributed by atoms with Gasteiger partial charge in [-0.1, -0.05) is 32.3 Å². The third-order valence-electron chi connectivity index (χ3n) is 8.48. The lowest BCUT2D eigenvalue weighted by atomic mass is 9.83. The molecule has 1 aromatic heterocycles. The number of amides is 4. The number of hydrogen-bond donors (Lipinski definition) is 2. The van der Waals surface area contributed by atoms with Crippen LogP contribution in [0.15, 0.2) is 41.7 Å². The van der Waals surface area contributed by atoms with E-state index in [0.29, 0.717) is 50.1 Å². The molecule has 1 aromatic carbocycles. The Balaban J connectivity index is 1.51. The zero-order valence-corrected chi connectivity index (χ0v) is 26.5. The Labute approximate surface area is 266 Å². The van der Waals surface area contributed by atoms with E-state index in [1.165, 1.54) is 18.3 Å². The fourth-order valence-electron chi connectivity index (χ4n) is 5.71. The lowest BCUT2D eigenvalue weighted by molar-refractivity contribution is -0.149. The van der Waals surface area contributed by atoms with Gasteiger partial charge in [0, 0.05) is 57.0 Å². The molecular weight excluding hydrogens is 601 g/mol. The molecule has 1 aliphatic heterocycles. The molecule has 1 atom stereocenters. The van der Waals surface area contributed by atoms with Gasteiger partial charge in [0.1, 0.15) is 17.6 Å². The second kappa shape index (κ2) is 15.4. The predicted octanol–water partition coefficient (Wildman–Crippen LogP) is 4.02. The van der Waals surface area contributed by atoms with Crippen LogP contribution >= 0.6 is 0 Å². The molecule has 248 valence electrons. The van der Waals surface area contributed by atoms with Gasteiger partial charge in [-0.05, 0) is 62.1 Å². The van der Waals surface area contributed by atoms with Gasteiger partial charge in [-0.25, -0.2) is 9.38 Å². The number of pyridine rings is 1. The SMILES string of the molecule is CCC(=O)N=C(Cc1ccc(NC(=O)[C@@H](NC(=O)C(F)(F)c2cncc(C)c2)C2CCCCC2)c(F)c1)C(=O)N1CCN(C)CC1. The van der Waals surface area contributed by atoms with Gasteiger partial charge in [-0.3, -0.25) is 24.2 Å². The quantitative estimate of drug-likeness (QED) is 0.378. The molecule has 2 heterocycles. The molecule has 0 spiro atoms. The molecule has 1 saturated heterocycles. The van der Waals surface area contributed by atoms with Crippen molar-refractivity contribution in [1.82, 2.24) is 20.1 Å². The van der Waals surface area contributed by atoms with E-state index in [1.807, 2.05) is 7.05 Å². The summed E-state index contributed by atoms with van der Waals surface area (Å²) in [5.41, 5.74) is -0.0119. The van der Waals surface area contributed by atoms with E-state index >= 15 is 13.2 Å². The van der Waals surface area contributed by atoms with Gasteiger partial charge in [0.2, 0.25) is 11.8 Å². The molecule has 2 aliphatic rings. The van der Waals surface area contributed by atoms with Crippen LogP contribution in [0.3, 0.4) is 0 Å². The van der Waals surface area contributed by atoms with E-state index in [4.69, 9.17) is 0 Å². The number of aromatic nitrogens is 1. The van der Waals surface area contributed by atoms with Gasteiger partial charge in [0.15, 0.2) is 0 Å². The van der Waals surface area contributed by atoms with Gasteiger partial charge in [0.05, 0.1) is 5.69 Å². The average Bonchev–Trinajstić information content (AvgIpc) is 3.04. The van der Waals surface area contributed by atoms with Crippen LogP contribution in [0.25, 0.3) is 0 Å². The van der Waals surface area contributed by atoms with Gasteiger partial charge >= 0.3 is 5.92 Å². The summed E-state index contributed by atoms with van der Waals surface area (Å²) < 4.78 is 45.7. The predicted molar refractivity (Wildman–Crippen MR) is 167 cm³/mol. The number of hydrogen-bond acceptors (Lipinski definition) is 6. The van der Waals surface area contributed by atoms with Crippen LogP contribution in [0.1, 0.15) is 62.1 Å². The highest BCUT2D eigenvalue weighted by molar-refractivity contribution is 6.40. The number of alkyl halides is 2. The number of carbonyl (C=O) groups excluding carboxylic acids is 4. The highest BCUT2D eigenvalue weighted by Gasteiger charge is 2.44. The van der Waals surface area contributed by atoms with E-state index < -0.39 is 52.9 Å². The van der Waals surface area contributed by atoms with Crippen LogP contribution in [-0.2, 0) is 31.5 Å². The highest BCUT2D eigenvalue weighted by atomic mass is 19.3. The molecule has 0 unspecified atom stereocenters. The van der Waals surface area contributed by atoms with E-state index in [2.05, 4.69) is 25.5 Å². The Morgan fingerprint density at radius 2 is 1.74 bits per heavy atom. The molecule has 13 heteroatoms. The van der Waals surface area contributed by atoms with Crippen LogP contribution in [0.4, 0.5) is 18.9 Å². The van der Waals surface area contributed by atoms with Crippen LogP contribution in [0.5, 0.6) is 0 Å². The second-order valence-electron chi connectivity index (χ2n) is 12.1. The molecule has 2 fully saturated rings. The minimum atomic E-state index is -3.95. The number of carbonyl (C=O) groups is 4. The Hall–Kier alpha value is -4.13. The summed E-state index contributed by atoms with van der Waals surface area (Å²) in [6.07, 6.45) is 5.83. The zero-order valence-electron chi connectivity index (χ0n) is 26.5.